The SMILES string of the molecule is CC(C)CC1(CC(=O)OC(C)(C)C)CCNC1=O. The van der Waals surface area contributed by atoms with Crippen molar-refractivity contribution in [2.24, 2.45) is 11.3 Å². The number of hydrogen-bond acceptors (Lipinski definition) is 3. The lowest BCUT2D eigenvalue weighted by Crippen LogP contribution is -2.37. The molecule has 1 amide bonds. The summed E-state index contributed by atoms with van der Waals surface area (Å²) in [5, 5.41) is 2.84. The molecule has 0 bridgehead atoms. The molecule has 1 unspecified atom stereocenters. The largest absolute Gasteiger partial charge is 0.460 e. The first-order chi connectivity index (χ1) is 8.15. The van der Waals surface area contributed by atoms with E-state index in [4.69, 9.17) is 4.74 Å². The second-order valence-corrected chi connectivity index (χ2v) is 6.65. The van der Waals surface area contributed by atoms with E-state index in [1.165, 1.54) is 0 Å². The maximum Gasteiger partial charge on any atom is 0.307 e. The zero-order chi connectivity index (χ0) is 14.0. The van der Waals surface area contributed by atoms with Crippen LogP contribution in [0.2, 0.25) is 0 Å². The highest BCUT2D eigenvalue weighted by Gasteiger charge is 2.45. The molecule has 4 heteroatoms. The minimum Gasteiger partial charge on any atom is -0.460 e. The Kier molecular flexibility index (Phi) is 4.41. The molecule has 1 aliphatic heterocycles. The van der Waals surface area contributed by atoms with Gasteiger partial charge in [-0.15, -0.1) is 0 Å². The topological polar surface area (TPSA) is 55.4 Å². The molecule has 0 saturated carbocycles. The highest BCUT2D eigenvalue weighted by Crippen LogP contribution is 2.38. The fourth-order valence-corrected chi connectivity index (χ4v) is 2.59. The molecule has 1 atom stereocenters. The summed E-state index contributed by atoms with van der Waals surface area (Å²) in [6, 6.07) is 0. The van der Waals surface area contributed by atoms with Gasteiger partial charge in [0.05, 0.1) is 11.8 Å². The third-order valence-corrected chi connectivity index (χ3v) is 3.07. The molecule has 18 heavy (non-hydrogen) atoms. The van der Waals surface area contributed by atoms with Gasteiger partial charge in [0, 0.05) is 6.54 Å². The van der Waals surface area contributed by atoms with E-state index >= 15 is 0 Å². The van der Waals surface area contributed by atoms with E-state index in [2.05, 4.69) is 19.2 Å². The van der Waals surface area contributed by atoms with E-state index in [-0.39, 0.29) is 18.3 Å². The molecule has 0 aromatic heterocycles. The van der Waals surface area contributed by atoms with Crippen LogP contribution in [0.3, 0.4) is 0 Å². The van der Waals surface area contributed by atoms with Crippen molar-refractivity contribution in [1.82, 2.24) is 5.32 Å². The van der Waals surface area contributed by atoms with Gasteiger partial charge >= 0.3 is 5.97 Å². The Hall–Kier alpha value is -1.06. The molecule has 1 N–H and O–H groups in total. The van der Waals surface area contributed by atoms with E-state index in [0.717, 1.165) is 12.8 Å². The fourth-order valence-electron chi connectivity index (χ4n) is 2.59. The van der Waals surface area contributed by atoms with Crippen LogP contribution in [0.25, 0.3) is 0 Å². The summed E-state index contributed by atoms with van der Waals surface area (Å²) < 4.78 is 5.34. The summed E-state index contributed by atoms with van der Waals surface area (Å²) in [5.74, 6) is 0.110. The minimum absolute atomic E-state index is 0.00191. The molecule has 0 aromatic carbocycles. The van der Waals surface area contributed by atoms with E-state index in [1.54, 1.807) is 0 Å². The van der Waals surface area contributed by atoms with Crippen molar-refractivity contribution in [3.05, 3.63) is 0 Å². The standard InChI is InChI=1S/C14H25NO3/c1-10(2)8-14(6-7-15-12(14)17)9-11(16)18-13(3,4)5/h10H,6-9H2,1-5H3,(H,15,17). The van der Waals surface area contributed by atoms with E-state index in [9.17, 15) is 9.59 Å². The van der Waals surface area contributed by atoms with Crippen LogP contribution in [0.1, 0.15) is 53.9 Å². The normalized spacial score (nSPS) is 24.2. The highest BCUT2D eigenvalue weighted by molar-refractivity contribution is 5.89. The van der Waals surface area contributed by atoms with Crippen LogP contribution in [0.15, 0.2) is 0 Å². The molecule has 0 aliphatic carbocycles. The predicted octanol–water partition coefficient (Wildman–Crippen LogP) is 2.27. The van der Waals surface area contributed by atoms with Crippen LogP contribution in [-0.4, -0.2) is 24.0 Å². The molecule has 1 fully saturated rings. The molecule has 0 spiro atoms. The third kappa shape index (κ3) is 4.00. The summed E-state index contributed by atoms with van der Waals surface area (Å²) >= 11 is 0. The van der Waals surface area contributed by atoms with E-state index in [0.29, 0.717) is 12.5 Å². The number of carbonyl (C=O) groups excluding carboxylic acids is 2. The van der Waals surface area contributed by atoms with Crippen LogP contribution in [0.4, 0.5) is 0 Å². The van der Waals surface area contributed by atoms with E-state index < -0.39 is 11.0 Å². The molecule has 0 aromatic rings. The highest BCUT2D eigenvalue weighted by atomic mass is 16.6. The first-order valence-electron chi connectivity index (χ1n) is 6.65. The Morgan fingerprint density at radius 2 is 2.06 bits per heavy atom. The predicted molar refractivity (Wildman–Crippen MR) is 70.0 cm³/mol. The second-order valence-electron chi connectivity index (χ2n) is 6.65. The Labute approximate surface area is 109 Å². The maximum atomic E-state index is 12.0. The molecule has 0 radical (unpaired) electrons. The van der Waals surface area contributed by atoms with Gasteiger partial charge in [0.25, 0.3) is 0 Å². The zero-order valence-electron chi connectivity index (χ0n) is 12.1. The number of ether oxygens (including phenoxy) is 1. The molecule has 4 nitrogen and oxygen atoms in total. The molecule has 1 saturated heterocycles. The van der Waals surface area contributed by atoms with Crippen LogP contribution < -0.4 is 5.32 Å². The molecule has 1 heterocycles. The van der Waals surface area contributed by atoms with Crippen molar-refractivity contribution in [2.45, 2.75) is 59.5 Å². The number of carbonyl (C=O) groups is 2. The van der Waals surface area contributed by atoms with Crippen molar-refractivity contribution >= 4 is 11.9 Å². The average Bonchev–Trinajstić information content (AvgIpc) is 2.42. The first-order valence-corrected chi connectivity index (χ1v) is 6.65. The average molecular weight is 255 g/mol. The Morgan fingerprint density at radius 1 is 1.44 bits per heavy atom. The van der Waals surface area contributed by atoms with Crippen molar-refractivity contribution < 1.29 is 14.3 Å². The Balaban J connectivity index is 2.74. The molecule has 104 valence electrons. The van der Waals surface area contributed by atoms with Gasteiger partial charge in [0.1, 0.15) is 5.60 Å². The second kappa shape index (κ2) is 5.29. The van der Waals surface area contributed by atoms with Gasteiger partial charge in [-0.3, -0.25) is 9.59 Å². The van der Waals surface area contributed by atoms with Crippen molar-refractivity contribution in [1.29, 1.82) is 0 Å². The van der Waals surface area contributed by atoms with Gasteiger partial charge in [-0.05, 0) is 39.5 Å². The lowest BCUT2D eigenvalue weighted by Gasteiger charge is -2.29. The number of hydrogen-bond donors (Lipinski definition) is 1. The van der Waals surface area contributed by atoms with Gasteiger partial charge in [-0.1, -0.05) is 13.8 Å². The first kappa shape index (κ1) is 15.0. The minimum atomic E-state index is -0.559. The van der Waals surface area contributed by atoms with Crippen LogP contribution >= 0.6 is 0 Å². The van der Waals surface area contributed by atoms with Gasteiger partial charge in [-0.25, -0.2) is 0 Å². The van der Waals surface area contributed by atoms with Crippen LogP contribution in [0.5, 0.6) is 0 Å². The number of rotatable bonds is 4. The number of amides is 1. The molecule has 1 aliphatic rings. The van der Waals surface area contributed by atoms with Gasteiger partial charge in [0.2, 0.25) is 5.91 Å². The summed E-state index contributed by atoms with van der Waals surface area (Å²) in [6.45, 7) is 10.3. The monoisotopic (exact) mass is 255 g/mol. The smallest absolute Gasteiger partial charge is 0.307 e. The van der Waals surface area contributed by atoms with Crippen LogP contribution in [0, 0.1) is 11.3 Å². The summed E-state index contributed by atoms with van der Waals surface area (Å²) in [4.78, 5) is 24.0. The fraction of sp³-hybridized carbons (Fsp3) is 0.857. The van der Waals surface area contributed by atoms with Gasteiger partial charge in [-0.2, -0.15) is 0 Å². The van der Waals surface area contributed by atoms with Crippen molar-refractivity contribution in [3.8, 4) is 0 Å². The molecule has 1 rings (SSSR count). The van der Waals surface area contributed by atoms with Crippen LogP contribution in [-0.2, 0) is 14.3 Å². The number of nitrogens with one attached hydrogen (secondary N) is 1. The van der Waals surface area contributed by atoms with E-state index in [1.807, 2.05) is 20.8 Å². The lowest BCUT2D eigenvalue weighted by molar-refractivity contribution is -0.160. The Bertz CT molecular complexity index is 330. The molecular weight excluding hydrogens is 230 g/mol. The maximum absolute atomic E-state index is 12.0. The van der Waals surface area contributed by atoms with Gasteiger partial charge < -0.3 is 10.1 Å². The zero-order valence-corrected chi connectivity index (χ0v) is 12.1. The molecular formula is C14H25NO3. The van der Waals surface area contributed by atoms with Crippen molar-refractivity contribution in [2.75, 3.05) is 6.54 Å². The summed E-state index contributed by atoms with van der Waals surface area (Å²) in [6.07, 6.45) is 1.65. The summed E-state index contributed by atoms with van der Waals surface area (Å²) in [5.41, 5.74) is -1.05. The quantitative estimate of drug-likeness (QED) is 0.784. The van der Waals surface area contributed by atoms with Crippen molar-refractivity contribution in [3.63, 3.8) is 0 Å². The number of esters is 1. The Morgan fingerprint density at radius 3 is 2.44 bits per heavy atom. The summed E-state index contributed by atoms with van der Waals surface area (Å²) in [7, 11) is 0. The third-order valence-electron chi connectivity index (χ3n) is 3.07. The van der Waals surface area contributed by atoms with Gasteiger partial charge in [0.15, 0.2) is 0 Å². The lowest BCUT2D eigenvalue weighted by atomic mass is 9.76.